The van der Waals surface area contributed by atoms with Gasteiger partial charge in [0, 0.05) is 50.9 Å². The van der Waals surface area contributed by atoms with Gasteiger partial charge in [-0.25, -0.2) is 9.97 Å². The van der Waals surface area contributed by atoms with Gasteiger partial charge in [0.05, 0.1) is 0 Å². The van der Waals surface area contributed by atoms with E-state index in [4.69, 9.17) is 0 Å². The molecule has 5 rings (SSSR count). The summed E-state index contributed by atoms with van der Waals surface area (Å²) >= 11 is 0. The summed E-state index contributed by atoms with van der Waals surface area (Å²) in [7, 11) is -3.58. The summed E-state index contributed by atoms with van der Waals surface area (Å²) in [6, 6.07) is 9.14. The van der Waals surface area contributed by atoms with Crippen molar-refractivity contribution in [2.24, 2.45) is 4.40 Å². The zero-order chi connectivity index (χ0) is 20.0. The molecule has 0 amide bonds. The highest BCUT2D eigenvalue weighted by molar-refractivity contribution is 7.90. The quantitative estimate of drug-likeness (QED) is 0.742. The summed E-state index contributed by atoms with van der Waals surface area (Å²) < 4.78 is 28.7. The average molecular weight is 413 g/mol. The number of sulfonamides is 1. The number of piperazine rings is 1. The third kappa shape index (κ3) is 3.33. The van der Waals surface area contributed by atoms with Crippen molar-refractivity contribution in [3.05, 3.63) is 41.7 Å². The van der Waals surface area contributed by atoms with Crippen molar-refractivity contribution in [3.63, 3.8) is 0 Å². The number of aromatic nitrogens is 2. The lowest BCUT2D eigenvalue weighted by Crippen LogP contribution is -2.49. The van der Waals surface area contributed by atoms with E-state index in [9.17, 15) is 8.42 Å². The lowest BCUT2D eigenvalue weighted by atomic mass is 10.1. The van der Waals surface area contributed by atoms with Crippen LogP contribution in [0.3, 0.4) is 0 Å². The number of fused-ring (bicyclic) bond motifs is 1. The zero-order valence-electron chi connectivity index (χ0n) is 16.5. The van der Waals surface area contributed by atoms with Gasteiger partial charge in [-0.3, -0.25) is 0 Å². The van der Waals surface area contributed by atoms with Gasteiger partial charge in [0.1, 0.15) is 22.4 Å². The second-order valence-electron chi connectivity index (χ2n) is 7.69. The fourth-order valence-corrected chi connectivity index (χ4v) is 5.50. The van der Waals surface area contributed by atoms with E-state index in [0.29, 0.717) is 29.4 Å². The van der Waals surface area contributed by atoms with Crippen molar-refractivity contribution in [1.82, 2.24) is 14.9 Å². The van der Waals surface area contributed by atoms with Crippen molar-refractivity contribution in [3.8, 4) is 0 Å². The topological polar surface area (TPSA) is 82.0 Å². The third-order valence-electron chi connectivity index (χ3n) is 5.76. The Bertz CT molecular complexity index is 1070. The van der Waals surface area contributed by atoms with E-state index < -0.39 is 10.0 Å². The summed E-state index contributed by atoms with van der Waals surface area (Å²) in [5, 5.41) is 0. The van der Waals surface area contributed by atoms with Gasteiger partial charge in [-0.05, 0) is 31.9 Å². The molecule has 0 spiro atoms. The van der Waals surface area contributed by atoms with Gasteiger partial charge in [-0.15, -0.1) is 4.40 Å². The highest BCUT2D eigenvalue weighted by Gasteiger charge is 2.33. The number of benzene rings is 1. The third-order valence-corrected chi connectivity index (χ3v) is 7.08. The molecule has 0 atom stereocenters. The van der Waals surface area contributed by atoms with E-state index in [-0.39, 0.29) is 0 Å². The highest BCUT2D eigenvalue weighted by Crippen LogP contribution is 2.29. The van der Waals surface area contributed by atoms with Crippen LogP contribution in [0.15, 0.2) is 39.6 Å². The molecule has 0 bridgehead atoms. The van der Waals surface area contributed by atoms with Crippen LogP contribution in [-0.2, 0) is 10.0 Å². The summed E-state index contributed by atoms with van der Waals surface area (Å²) in [6.45, 7) is 6.97. The number of anilines is 2. The largest absolute Gasteiger partial charge is 0.356 e. The van der Waals surface area contributed by atoms with Crippen LogP contribution in [0.1, 0.15) is 24.2 Å². The van der Waals surface area contributed by atoms with Gasteiger partial charge in [0.15, 0.2) is 5.84 Å². The smallest absolute Gasteiger partial charge is 0.285 e. The average Bonchev–Trinajstić information content (AvgIpc) is 3.35. The Labute approximate surface area is 170 Å². The number of hydrogen-bond acceptors (Lipinski definition) is 7. The van der Waals surface area contributed by atoms with E-state index in [1.54, 1.807) is 12.1 Å². The minimum atomic E-state index is -3.58. The van der Waals surface area contributed by atoms with Gasteiger partial charge in [-0.1, -0.05) is 12.1 Å². The van der Waals surface area contributed by atoms with Crippen LogP contribution in [0.5, 0.6) is 0 Å². The predicted molar refractivity (Wildman–Crippen MR) is 112 cm³/mol. The minimum absolute atomic E-state index is 0.305. The van der Waals surface area contributed by atoms with Crippen molar-refractivity contribution in [2.75, 3.05) is 49.1 Å². The molecule has 0 saturated carbocycles. The zero-order valence-corrected chi connectivity index (χ0v) is 17.3. The molecule has 2 saturated heterocycles. The number of aryl methyl sites for hydroxylation is 1. The maximum atomic E-state index is 12.3. The molecule has 2 aromatic rings. The van der Waals surface area contributed by atoms with Gasteiger partial charge < -0.3 is 14.7 Å². The first-order valence-electron chi connectivity index (χ1n) is 10.1. The standard InChI is InChI=1S/C20H24N6O2S/c1-15-21-18(24-8-4-5-9-24)14-19(22-15)25-10-12-26(13-11-25)20-16-6-2-3-7-17(16)29(27,28)23-20/h2-3,6-7,14H,4-5,8-13H2,1H3. The van der Waals surface area contributed by atoms with E-state index >= 15 is 0 Å². The van der Waals surface area contributed by atoms with E-state index in [0.717, 1.165) is 43.6 Å². The maximum absolute atomic E-state index is 12.3. The molecule has 0 N–H and O–H groups in total. The predicted octanol–water partition coefficient (Wildman–Crippen LogP) is 1.66. The van der Waals surface area contributed by atoms with Crippen LogP contribution in [0.25, 0.3) is 0 Å². The molecule has 3 aliphatic heterocycles. The Morgan fingerprint density at radius 1 is 0.828 bits per heavy atom. The normalized spacial score (nSPS) is 20.7. The molecule has 8 nitrogen and oxygen atoms in total. The molecule has 29 heavy (non-hydrogen) atoms. The van der Waals surface area contributed by atoms with Crippen LogP contribution < -0.4 is 9.80 Å². The first kappa shape index (κ1) is 18.4. The van der Waals surface area contributed by atoms with Crippen molar-refractivity contribution >= 4 is 27.5 Å². The van der Waals surface area contributed by atoms with Crippen LogP contribution in [0, 0.1) is 6.92 Å². The lowest BCUT2D eigenvalue weighted by molar-refractivity contribution is 0.385. The highest BCUT2D eigenvalue weighted by atomic mass is 32.2. The molecular weight excluding hydrogens is 388 g/mol. The SMILES string of the molecule is Cc1nc(N2CCCC2)cc(N2CCN(C3=NS(=O)(=O)c4ccccc43)CC2)n1. The number of hydrogen-bond donors (Lipinski definition) is 0. The van der Waals surface area contributed by atoms with Crippen LogP contribution in [0.4, 0.5) is 11.6 Å². The lowest BCUT2D eigenvalue weighted by Gasteiger charge is -2.36. The molecule has 1 aromatic heterocycles. The molecule has 0 unspecified atom stereocenters. The summed E-state index contributed by atoms with van der Waals surface area (Å²) in [5.41, 5.74) is 0.704. The Morgan fingerprint density at radius 3 is 2.10 bits per heavy atom. The number of nitrogens with zero attached hydrogens (tertiary/aromatic N) is 6. The van der Waals surface area contributed by atoms with Gasteiger partial charge in [0.2, 0.25) is 0 Å². The number of amidine groups is 1. The first-order chi connectivity index (χ1) is 14.0. The van der Waals surface area contributed by atoms with Crippen molar-refractivity contribution < 1.29 is 8.42 Å². The van der Waals surface area contributed by atoms with Gasteiger partial charge in [-0.2, -0.15) is 8.42 Å². The Morgan fingerprint density at radius 2 is 1.41 bits per heavy atom. The van der Waals surface area contributed by atoms with Crippen LogP contribution >= 0.6 is 0 Å². The van der Waals surface area contributed by atoms with Crippen molar-refractivity contribution in [2.45, 2.75) is 24.7 Å². The Hall–Kier alpha value is -2.68. The first-order valence-corrected chi connectivity index (χ1v) is 11.5. The van der Waals surface area contributed by atoms with E-state index in [2.05, 4.69) is 35.1 Å². The molecule has 152 valence electrons. The van der Waals surface area contributed by atoms with Gasteiger partial charge >= 0.3 is 0 Å². The molecule has 2 fully saturated rings. The van der Waals surface area contributed by atoms with Crippen LogP contribution in [-0.4, -0.2) is 68.4 Å². The molecule has 4 heterocycles. The van der Waals surface area contributed by atoms with Gasteiger partial charge in [0.25, 0.3) is 10.0 Å². The summed E-state index contributed by atoms with van der Waals surface area (Å²) in [5.74, 6) is 3.30. The summed E-state index contributed by atoms with van der Waals surface area (Å²) in [4.78, 5) is 16.2. The minimum Gasteiger partial charge on any atom is -0.356 e. The van der Waals surface area contributed by atoms with E-state index in [1.807, 2.05) is 19.1 Å². The second kappa shape index (κ2) is 6.98. The number of rotatable bonds is 2. The van der Waals surface area contributed by atoms with Crippen LogP contribution in [0.2, 0.25) is 0 Å². The Kier molecular flexibility index (Phi) is 4.42. The maximum Gasteiger partial charge on any atom is 0.285 e. The summed E-state index contributed by atoms with van der Waals surface area (Å²) in [6.07, 6.45) is 2.42. The monoisotopic (exact) mass is 412 g/mol. The molecule has 0 aliphatic carbocycles. The molecule has 9 heteroatoms. The Balaban J connectivity index is 1.34. The fraction of sp³-hybridized carbons (Fsp3) is 0.450. The van der Waals surface area contributed by atoms with Crippen molar-refractivity contribution in [1.29, 1.82) is 0 Å². The van der Waals surface area contributed by atoms with E-state index in [1.165, 1.54) is 12.8 Å². The molecule has 3 aliphatic rings. The molecule has 1 aromatic carbocycles. The fourth-order valence-electron chi connectivity index (χ4n) is 4.27. The second-order valence-corrected chi connectivity index (χ2v) is 9.26. The molecule has 0 radical (unpaired) electrons. The molecular formula is C20H24N6O2S.